The van der Waals surface area contributed by atoms with E-state index in [0.29, 0.717) is 17.4 Å². The van der Waals surface area contributed by atoms with E-state index in [2.05, 4.69) is 12.2 Å². The number of likely N-dealkylation sites (tertiary alicyclic amines) is 1. The van der Waals surface area contributed by atoms with Crippen LogP contribution in [0.15, 0.2) is 30.4 Å². The monoisotopic (exact) mass is 407 g/mol. The van der Waals surface area contributed by atoms with Crippen LogP contribution in [0, 0.1) is 49.4 Å². The predicted octanol–water partition coefficient (Wildman–Crippen LogP) is 2.47. The largest absolute Gasteiger partial charge is 0.457 e. The van der Waals surface area contributed by atoms with Gasteiger partial charge in [-0.1, -0.05) is 29.8 Å². The van der Waals surface area contributed by atoms with E-state index in [9.17, 15) is 19.2 Å². The van der Waals surface area contributed by atoms with Gasteiger partial charge in [-0.25, -0.2) is 0 Å². The van der Waals surface area contributed by atoms with Crippen LogP contribution in [0.3, 0.4) is 0 Å². The summed E-state index contributed by atoms with van der Waals surface area (Å²) in [5.74, 6) is -0.168. The lowest BCUT2D eigenvalue weighted by Gasteiger charge is -2.37. The Labute approximate surface area is 175 Å². The van der Waals surface area contributed by atoms with E-state index < -0.39 is 5.97 Å². The molecule has 2 bridgehead atoms. The average Bonchev–Trinajstić information content (AvgIpc) is 3.51. The number of imide groups is 1. The van der Waals surface area contributed by atoms with Crippen molar-refractivity contribution in [3.8, 4) is 0 Å². The van der Waals surface area contributed by atoms with Gasteiger partial charge in [0.1, 0.15) is 0 Å². The van der Waals surface area contributed by atoms with E-state index in [0.717, 1.165) is 17.5 Å². The Kier molecular flexibility index (Phi) is 4.42. The molecule has 30 heavy (non-hydrogen) atoms. The highest BCUT2D eigenvalue weighted by Gasteiger charge is 2.66. The first-order chi connectivity index (χ1) is 14.4. The molecule has 6 atom stereocenters. The third kappa shape index (κ3) is 2.92. The van der Waals surface area contributed by atoms with Crippen LogP contribution in [-0.2, 0) is 19.1 Å². The van der Waals surface area contributed by atoms with Crippen molar-refractivity contribution in [1.82, 2.24) is 4.90 Å². The number of amides is 2. The van der Waals surface area contributed by atoms with Crippen LogP contribution >= 0.6 is 0 Å². The molecule has 0 N–H and O–H groups in total. The summed E-state index contributed by atoms with van der Waals surface area (Å²) < 4.78 is 5.13. The van der Waals surface area contributed by atoms with E-state index in [1.165, 1.54) is 4.90 Å². The van der Waals surface area contributed by atoms with Gasteiger partial charge in [0.25, 0.3) is 0 Å². The molecule has 2 saturated carbocycles. The molecule has 1 heterocycles. The number of carbonyl (C=O) groups is 4. The Bertz CT molecular complexity index is 959. The number of esters is 1. The molecule has 6 heteroatoms. The smallest absolute Gasteiger partial charge is 0.308 e. The van der Waals surface area contributed by atoms with Gasteiger partial charge in [-0.3, -0.25) is 24.1 Å². The van der Waals surface area contributed by atoms with Gasteiger partial charge in [0, 0.05) is 12.1 Å². The highest BCUT2D eigenvalue weighted by Crippen LogP contribution is 2.65. The van der Waals surface area contributed by atoms with Crippen LogP contribution in [0.25, 0.3) is 0 Å². The molecule has 0 aromatic heterocycles. The van der Waals surface area contributed by atoms with Crippen molar-refractivity contribution in [2.24, 2.45) is 35.5 Å². The second kappa shape index (κ2) is 6.89. The lowest BCUT2D eigenvalue weighted by atomic mass is 9.63. The van der Waals surface area contributed by atoms with Gasteiger partial charge >= 0.3 is 5.97 Å². The molecule has 5 aliphatic rings. The highest BCUT2D eigenvalue weighted by atomic mass is 16.5. The average molecular weight is 407 g/mol. The van der Waals surface area contributed by atoms with E-state index in [1.54, 1.807) is 6.07 Å². The first-order valence-electron chi connectivity index (χ1n) is 10.7. The van der Waals surface area contributed by atoms with E-state index >= 15 is 0 Å². The number of nitrogens with zero attached hydrogens (tertiary/aromatic N) is 1. The van der Waals surface area contributed by atoms with Gasteiger partial charge in [-0.2, -0.15) is 0 Å². The molecule has 156 valence electrons. The first-order valence-corrected chi connectivity index (χ1v) is 10.7. The Morgan fingerprint density at radius 3 is 2.30 bits per heavy atom. The van der Waals surface area contributed by atoms with Crippen molar-refractivity contribution >= 4 is 23.6 Å². The Morgan fingerprint density at radius 1 is 1.03 bits per heavy atom. The minimum Gasteiger partial charge on any atom is -0.457 e. The number of ether oxygens (including phenoxy) is 1. The number of hydrogen-bond donors (Lipinski definition) is 0. The van der Waals surface area contributed by atoms with Crippen LogP contribution in [0.5, 0.6) is 0 Å². The van der Waals surface area contributed by atoms with Gasteiger partial charge in [0.2, 0.25) is 17.6 Å². The number of rotatable bonds is 6. The molecule has 1 saturated heterocycles. The van der Waals surface area contributed by atoms with Gasteiger partial charge < -0.3 is 4.74 Å². The van der Waals surface area contributed by atoms with Crippen LogP contribution < -0.4 is 0 Å². The molecule has 1 aromatic carbocycles. The van der Waals surface area contributed by atoms with Crippen molar-refractivity contribution < 1.29 is 23.9 Å². The van der Waals surface area contributed by atoms with E-state index in [4.69, 9.17) is 4.74 Å². The van der Waals surface area contributed by atoms with E-state index in [-0.39, 0.29) is 60.8 Å². The van der Waals surface area contributed by atoms with Crippen molar-refractivity contribution in [2.45, 2.75) is 26.7 Å². The molecule has 0 unspecified atom stereocenters. The summed E-state index contributed by atoms with van der Waals surface area (Å²) in [6.07, 6.45) is 5.28. The van der Waals surface area contributed by atoms with Crippen LogP contribution in [-0.4, -0.2) is 41.6 Å². The molecule has 3 fully saturated rings. The van der Waals surface area contributed by atoms with Crippen molar-refractivity contribution in [3.05, 3.63) is 47.0 Å². The lowest BCUT2D eigenvalue weighted by Crippen LogP contribution is -2.40. The fourth-order valence-electron chi connectivity index (χ4n) is 5.77. The number of Topliss-reactive ketones (excluding diaryl/α,β-unsaturated/α-hetero) is 1. The van der Waals surface area contributed by atoms with Crippen LogP contribution in [0.2, 0.25) is 0 Å². The molecule has 0 spiro atoms. The standard InChI is InChI=1S/C24H25NO5/c1-12-3-4-13(2)16(9-12)19(26)11-30-20(27)7-8-25-23(28)21-14-5-6-15(18-10-17(14)18)22(21)24(25)29/h3-6,9,14-15,17-18,21-22H,7-8,10-11H2,1-2H3/t14-,15-,17-,18-,21-,22-/m1/s1. The summed E-state index contributed by atoms with van der Waals surface area (Å²) in [6.45, 7) is 3.42. The minimum atomic E-state index is -0.576. The molecule has 0 radical (unpaired) electrons. The summed E-state index contributed by atoms with van der Waals surface area (Å²) in [5.41, 5.74) is 2.33. The second-order valence-electron chi connectivity index (χ2n) is 9.13. The van der Waals surface area contributed by atoms with Crippen LogP contribution in [0.4, 0.5) is 0 Å². The SMILES string of the molecule is Cc1ccc(C)c(C(=O)COC(=O)CCN2C(=O)[C@@H]3[C@@H]4C=C[C@H]([C@H]5C[C@H]45)[C@H]3C2=O)c1. The van der Waals surface area contributed by atoms with Gasteiger partial charge in [-0.05, 0) is 55.6 Å². The minimum absolute atomic E-state index is 0.0237. The first kappa shape index (κ1) is 19.2. The summed E-state index contributed by atoms with van der Waals surface area (Å²) in [4.78, 5) is 51.6. The number of carbonyl (C=O) groups excluding carboxylic acids is 4. The molecule has 2 amide bonds. The molecule has 1 aliphatic heterocycles. The highest BCUT2D eigenvalue weighted by molar-refractivity contribution is 6.06. The number of ketones is 1. The molecular weight excluding hydrogens is 382 g/mol. The number of aryl methyl sites for hydroxylation is 2. The van der Waals surface area contributed by atoms with Crippen molar-refractivity contribution in [3.63, 3.8) is 0 Å². The summed E-state index contributed by atoms with van der Waals surface area (Å²) in [5, 5.41) is 0. The predicted molar refractivity (Wildman–Crippen MR) is 107 cm³/mol. The zero-order valence-corrected chi connectivity index (χ0v) is 17.2. The fraction of sp³-hybridized carbons (Fsp3) is 0.500. The maximum atomic E-state index is 12.9. The summed E-state index contributed by atoms with van der Waals surface area (Å²) >= 11 is 0. The molecule has 6 rings (SSSR count). The third-order valence-electron chi connectivity index (χ3n) is 7.35. The Morgan fingerprint density at radius 2 is 1.67 bits per heavy atom. The molecule has 4 aliphatic carbocycles. The van der Waals surface area contributed by atoms with Crippen molar-refractivity contribution in [2.75, 3.05) is 13.2 Å². The second-order valence-corrected chi connectivity index (χ2v) is 9.13. The van der Waals surface area contributed by atoms with Gasteiger partial charge in [0.15, 0.2) is 6.61 Å². The zero-order valence-electron chi connectivity index (χ0n) is 17.2. The maximum Gasteiger partial charge on any atom is 0.308 e. The maximum absolute atomic E-state index is 12.9. The molecular formula is C24H25NO5. The zero-order chi connectivity index (χ0) is 21.2. The topological polar surface area (TPSA) is 80.8 Å². The summed E-state index contributed by atoms with van der Waals surface area (Å²) in [7, 11) is 0. The number of benzene rings is 1. The van der Waals surface area contributed by atoms with Crippen molar-refractivity contribution in [1.29, 1.82) is 0 Å². The lowest BCUT2D eigenvalue weighted by molar-refractivity contribution is -0.145. The molecule has 1 aromatic rings. The van der Waals surface area contributed by atoms with E-state index in [1.807, 2.05) is 26.0 Å². The normalized spacial score (nSPS) is 32.8. The third-order valence-corrected chi connectivity index (χ3v) is 7.35. The Balaban J connectivity index is 1.17. The van der Waals surface area contributed by atoms with Gasteiger partial charge in [0.05, 0.1) is 18.3 Å². The fourth-order valence-corrected chi connectivity index (χ4v) is 5.77. The van der Waals surface area contributed by atoms with Crippen LogP contribution in [0.1, 0.15) is 34.3 Å². The number of allylic oxidation sites excluding steroid dienone is 2. The van der Waals surface area contributed by atoms with Gasteiger partial charge in [-0.15, -0.1) is 0 Å². The molecule has 6 nitrogen and oxygen atoms in total. The summed E-state index contributed by atoms with van der Waals surface area (Å²) in [6, 6.07) is 5.56. The number of hydrogen-bond acceptors (Lipinski definition) is 5. The quantitative estimate of drug-likeness (QED) is 0.313. The Hall–Kier alpha value is -2.76.